The van der Waals surface area contributed by atoms with Gasteiger partial charge in [-0.05, 0) is 81.7 Å². The van der Waals surface area contributed by atoms with Crippen molar-refractivity contribution in [1.82, 2.24) is 9.80 Å². The van der Waals surface area contributed by atoms with Gasteiger partial charge in [0.05, 0.1) is 17.7 Å². The Morgan fingerprint density at radius 1 is 1.24 bits per heavy atom. The third-order valence-electron chi connectivity index (χ3n) is 6.41. The van der Waals surface area contributed by atoms with Crippen molar-refractivity contribution in [3.05, 3.63) is 63.7 Å². The molecule has 0 N–H and O–H groups in total. The molecule has 2 aromatic rings. The van der Waals surface area contributed by atoms with Crippen LogP contribution in [-0.2, 0) is 6.42 Å². The Bertz CT molecular complexity index is 936. The SMILES string of the molecule is Cc1ccccc1O[C@H]1c2cc(Cl)cc(C#N)c2C[C@@H]1N1CCC[C@@H](N(C)C)C1. The molecule has 29 heavy (non-hydrogen) atoms. The maximum atomic E-state index is 9.69. The van der Waals surface area contributed by atoms with Crippen molar-refractivity contribution in [3.8, 4) is 11.8 Å². The van der Waals surface area contributed by atoms with Crippen LogP contribution >= 0.6 is 11.6 Å². The van der Waals surface area contributed by atoms with E-state index in [4.69, 9.17) is 16.3 Å². The molecule has 0 aromatic heterocycles. The summed E-state index contributed by atoms with van der Waals surface area (Å²) in [4.78, 5) is 4.88. The average molecular weight is 410 g/mol. The topological polar surface area (TPSA) is 39.5 Å². The molecule has 0 saturated carbocycles. The summed E-state index contributed by atoms with van der Waals surface area (Å²) in [7, 11) is 4.32. The Hall–Kier alpha value is -2.06. The fourth-order valence-electron chi connectivity index (χ4n) is 4.76. The summed E-state index contributed by atoms with van der Waals surface area (Å²) in [6.07, 6.45) is 3.10. The lowest BCUT2D eigenvalue weighted by Crippen LogP contribution is -2.51. The van der Waals surface area contributed by atoms with Crippen molar-refractivity contribution in [1.29, 1.82) is 5.26 Å². The van der Waals surface area contributed by atoms with Crippen LogP contribution in [0, 0.1) is 18.3 Å². The molecule has 3 atom stereocenters. The van der Waals surface area contributed by atoms with Crippen molar-refractivity contribution in [2.75, 3.05) is 27.2 Å². The molecule has 4 rings (SSSR count). The lowest BCUT2D eigenvalue weighted by atomic mass is 10.0. The molecule has 1 aliphatic carbocycles. The number of nitriles is 1. The van der Waals surface area contributed by atoms with E-state index in [1.165, 1.54) is 12.8 Å². The molecule has 0 bridgehead atoms. The van der Waals surface area contributed by atoms with Gasteiger partial charge in [-0.1, -0.05) is 29.8 Å². The van der Waals surface area contributed by atoms with Crippen molar-refractivity contribution in [2.24, 2.45) is 0 Å². The molecule has 2 aliphatic rings. The number of aryl methyl sites for hydroxylation is 1. The van der Waals surface area contributed by atoms with Crippen LogP contribution in [0.2, 0.25) is 5.02 Å². The highest BCUT2D eigenvalue weighted by Crippen LogP contribution is 2.42. The Morgan fingerprint density at radius 3 is 2.76 bits per heavy atom. The van der Waals surface area contributed by atoms with E-state index in [2.05, 4.69) is 43.0 Å². The fraction of sp³-hybridized carbons (Fsp3) is 0.458. The Labute approximate surface area is 178 Å². The highest BCUT2D eigenvalue weighted by atomic mass is 35.5. The number of hydrogen-bond acceptors (Lipinski definition) is 4. The lowest BCUT2D eigenvalue weighted by molar-refractivity contribution is 0.0378. The highest BCUT2D eigenvalue weighted by Gasteiger charge is 2.41. The van der Waals surface area contributed by atoms with E-state index in [-0.39, 0.29) is 12.1 Å². The second-order valence-electron chi connectivity index (χ2n) is 8.46. The number of ether oxygens (including phenoxy) is 1. The summed E-state index contributed by atoms with van der Waals surface area (Å²) in [5.74, 6) is 0.898. The predicted octanol–water partition coefficient (Wildman–Crippen LogP) is 4.59. The lowest BCUT2D eigenvalue weighted by Gasteiger charge is -2.41. The number of benzene rings is 2. The van der Waals surface area contributed by atoms with Crippen LogP contribution < -0.4 is 4.74 Å². The van der Waals surface area contributed by atoms with Gasteiger partial charge in [0.25, 0.3) is 0 Å². The van der Waals surface area contributed by atoms with Gasteiger partial charge >= 0.3 is 0 Å². The van der Waals surface area contributed by atoms with Gasteiger partial charge in [-0.25, -0.2) is 0 Å². The number of halogens is 1. The van der Waals surface area contributed by atoms with Gasteiger partial charge in [0.15, 0.2) is 0 Å². The van der Waals surface area contributed by atoms with Crippen LogP contribution in [0.1, 0.15) is 41.2 Å². The molecule has 1 heterocycles. The van der Waals surface area contributed by atoms with E-state index in [9.17, 15) is 5.26 Å². The van der Waals surface area contributed by atoms with Crippen LogP contribution in [0.25, 0.3) is 0 Å². The molecule has 4 nitrogen and oxygen atoms in total. The number of hydrogen-bond donors (Lipinski definition) is 0. The van der Waals surface area contributed by atoms with E-state index in [0.717, 1.165) is 42.0 Å². The van der Waals surface area contributed by atoms with Gasteiger partial charge in [-0.2, -0.15) is 5.26 Å². The van der Waals surface area contributed by atoms with E-state index in [0.29, 0.717) is 16.6 Å². The second-order valence-corrected chi connectivity index (χ2v) is 8.90. The van der Waals surface area contributed by atoms with E-state index < -0.39 is 0 Å². The Kier molecular flexibility index (Phi) is 5.83. The summed E-state index contributed by atoms with van der Waals surface area (Å²) < 4.78 is 6.63. The van der Waals surface area contributed by atoms with Crippen LogP contribution in [0.5, 0.6) is 5.75 Å². The minimum absolute atomic E-state index is 0.127. The normalized spacial score (nSPS) is 24.3. The maximum Gasteiger partial charge on any atom is 0.140 e. The van der Waals surface area contributed by atoms with Gasteiger partial charge < -0.3 is 9.64 Å². The van der Waals surface area contributed by atoms with Gasteiger partial charge in [0.2, 0.25) is 0 Å². The first-order valence-corrected chi connectivity index (χ1v) is 10.7. The van der Waals surface area contributed by atoms with Crippen molar-refractivity contribution >= 4 is 11.6 Å². The van der Waals surface area contributed by atoms with Crippen LogP contribution in [-0.4, -0.2) is 49.1 Å². The number of piperidine rings is 1. The average Bonchev–Trinajstić information content (AvgIpc) is 3.07. The molecule has 1 aliphatic heterocycles. The molecule has 2 aromatic carbocycles. The van der Waals surface area contributed by atoms with E-state index >= 15 is 0 Å². The molecule has 152 valence electrons. The number of rotatable bonds is 4. The smallest absolute Gasteiger partial charge is 0.140 e. The summed E-state index contributed by atoms with van der Waals surface area (Å²) in [6.45, 7) is 4.16. The van der Waals surface area contributed by atoms with Crippen LogP contribution in [0.15, 0.2) is 36.4 Å². The highest BCUT2D eigenvalue weighted by molar-refractivity contribution is 6.30. The summed E-state index contributed by atoms with van der Waals surface area (Å²) >= 11 is 6.38. The monoisotopic (exact) mass is 409 g/mol. The molecular formula is C24H28ClN3O. The third-order valence-corrected chi connectivity index (χ3v) is 6.63. The predicted molar refractivity (Wildman–Crippen MR) is 116 cm³/mol. The number of nitrogens with zero attached hydrogens (tertiary/aromatic N) is 3. The molecule has 0 spiro atoms. The second kappa shape index (κ2) is 8.36. The van der Waals surface area contributed by atoms with Gasteiger partial charge in [0, 0.05) is 17.6 Å². The largest absolute Gasteiger partial charge is 0.484 e. The van der Waals surface area contributed by atoms with Crippen LogP contribution in [0.4, 0.5) is 0 Å². The van der Waals surface area contributed by atoms with Crippen molar-refractivity contribution in [2.45, 2.75) is 44.4 Å². The molecule has 1 saturated heterocycles. The fourth-order valence-corrected chi connectivity index (χ4v) is 4.98. The Morgan fingerprint density at radius 2 is 2.03 bits per heavy atom. The molecule has 0 amide bonds. The van der Waals surface area contributed by atoms with Crippen molar-refractivity contribution in [3.63, 3.8) is 0 Å². The summed E-state index contributed by atoms with van der Waals surface area (Å²) in [6, 6.07) is 15.0. The number of likely N-dealkylation sites (N-methyl/N-ethyl adjacent to an activating group) is 1. The van der Waals surface area contributed by atoms with E-state index in [1.54, 1.807) is 6.07 Å². The summed E-state index contributed by atoms with van der Waals surface area (Å²) in [5, 5.41) is 10.3. The number of fused-ring (bicyclic) bond motifs is 1. The van der Waals surface area contributed by atoms with Gasteiger partial charge in [-0.3, -0.25) is 4.90 Å². The summed E-state index contributed by atoms with van der Waals surface area (Å²) in [5.41, 5.74) is 3.95. The zero-order valence-electron chi connectivity index (χ0n) is 17.4. The molecule has 1 fully saturated rings. The quantitative estimate of drug-likeness (QED) is 0.740. The maximum absolute atomic E-state index is 9.69. The Balaban J connectivity index is 1.72. The number of para-hydroxylation sites is 1. The zero-order chi connectivity index (χ0) is 20.5. The molecular weight excluding hydrogens is 382 g/mol. The number of likely N-dealkylation sites (tertiary alicyclic amines) is 1. The zero-order valence-corrected chi connectivity index (χ0v) is 18.1. The van der Waals surface area contributed by atoms with Crippen LogP contribution in [0.3, 0.4) is 0 Å². The van der Waals surface area contributed by atoms with Gasteiger partial charge in [0.1, 0.15) is 11.9 Å². The van der Waals surface area contributed by atoms with Crippen molar-refractivity contribution < 1.29 is 4.74 Å². The minimum atomic E-state index is -0.127. The van der Waals surface area contributed by atoms with E-state index in [1.807, 2.05) is 24.3 Å². The molecule has 0 unspecified atom stereocenters. The third kappa shape index (κ3) is 4.00. The van der Waals surface area contributed by atoms with Gasteiger partial charge in [-0.15, -0.1) is 0 Å². The first-order valence-electron chi connectivity index (χ1n) is 10.3. The first-order chi connectivity index (χ1) is 14.0. The first kappa shape index (κ1) is 20.2. The molecule has 0 radical (unpaired) electrons. The molecule has 5 heteroatoms. The standard InChI is InChI=1S/C24H28ClN3O/c1-16-7-4-5-9-23(16)29-24-21-12-18(25)11-17(14-26)20(21)13-22(24)28-10-6-8-19(15-28)27(2)3/h4-5,7,9,11-12,19,22,24H,6,8,10,13,15H2,1-3H3/t19-,22+,24+/m1/s1. The minimum Gasteiger partial charge on any atom is -0.484 e.